The fourth-order valence-electron chi connectivity index (χ4n) is 3.72. The second-order valence-electron chi connectivity index (χ2n) is 7.80. The number of thiazole rings is 1. The van der Waals surface area contributed by atoms with Gasteiger partial charge in [-0.3, -0.25) is 14.5 Å². The number of amides is 3. The number of thiophene rings is 1. The van der Waals surface area contributed by atoms with Gasteiger partial charge in [0.25, 0.3) is 5.91 Å². The highest BCUT2D eigenvalue weighted by molar-refractivity contribution is 9.11. The number of hydrogen-bond acceptors (Lipinski definition) is 7. The summed E-state index contributed by atoms with van der Waals surface area (Å²) in [6, 6.07) is 3.35. The number of fused-ring (bicyclic) bond motifs is 1. The minimum absolute atomic E-state index is 0.0345. The summed E-state index contributed by atoms with van der Waals surface area (Å²) >= 11 is 6.23. The molecule has 1 fully saturated rings. The molecule has 1 saturated heterocycles. The number of anilines is 1. The van der Waals surface area contributed by atoms with Gasteiger partial charge >= 0.3 is 6.09 Å². The van der Waals surface area contributed by atoms with Crippen LogP contribution < -0.4 is 10.2 Å². The van der Waals surface area contributed by atoms with E-state index in [0.717, 1.165) is 27.2 Å². The highest BCUT2D eigenvalue weighted by Crippen LogP contribution is 2.32. The maximum absolute atomic E-state index is 12.6. The number of carbonyl (C=O) groups excluding carboxylic acids is 3. The minimum Gasteiger partial charge on any atom is -0.449 e. The van der Waals surface area contributed by atoms with E-state index in [-0.39, 0.29) is 30.4 Å². The Balaban J connectivity index is 1.34. The van der Waals surface area contributed by atoms with Gasteiger partial charge in [-0.2, -0.15) is 0 Å². The van der Waals surface area contributed by atoms with Crippen LogP contribution in [0.4, 0.5) is 9.93 Å². The number of halogens is 1. The molecule has 172 valence electrons. The second-order valence-corrected chi connectivity index (χ2v) is 11.3. The number of aromatic nitrogens is 1. The van der Waals surface area contributed by atoms with Crippen LogP contribution in [0.5, 0.6) is 0 Å². The number of rotatable bonds is 6. The lowest BCUT2D eigenvalue weighted by Crippen LogP contribution is -2.36. The van der Waals surface area contributed by atoms with Crippen LogP contribution in [0.2, 0.25) is 0 Å². The summed E-state index contributed by atoms with van der Waals surface area (Å²) in [5.41, 5.74) is 0.942. The van der Waals surface area contributed by atoms with Gasteiger partial charge in [-0.1, -0.05) is 13.3 Å². The summed E-state index contributed by atoms with van der Waals surface area (Å²) in [6.45, 7) is 4.08. The van der Waals surface area contributed by atoms with Gasteiger partial charge < -0.3 is 15.0 Å². The van der Waals surface area contributed by atoms with Gasteiger partial charge in [0.2, 0.25) is 5.91 Å². The molecule has 1 atom stereocenters. The highest BCUT2D eigenvalue weighted by atomic mass is 79.9. The maximum Gasteiger partial charge on any atom is 0.409 e. The van der Waals surface area contributed by atoms with Crippen molar-refractivity contribution in [2.75, 3.05) is 31.1 Å². The van der Waals surface area contributed by atoms with E-state index < -0.39 is 0 Å². The van der Waals surface area contributed by atoms with Gasteiger partial charge in [0, 0.05) is 43.8 Å². The Hall–Kier alpha value is -1.98. The molecule has 2 aliphatic heterocycles. The summed E-state index contributed by atoms with van der Waals surface area (Å²) in [5, 5.41) is 3.63. The molecule has 0 aromatic carbocycles. The van der Waals surface area contributed by atoms with Crippen molar-refractivity contribution < 1.29 is 19.1 Å². The molecule has 4 rings (SSSR count). The van der Waals surface area contributed by atoms with E-state index in [9.17, 15) is 14.4 Å². The zero-order valence-electron chi connectivity index (χ0n) is 17.8. The van der Waals surface area contributed by atoms with Crippen molar-refractivity contribution in [1.29, 1.82) is 0 Å². The molecular weight excluding hydrogens is 516 g/mol. The van der Waals surface area contributed by atoms with E-state index in [2.05, 4.69) is 28.2 Å². The third kappa shape index (κ3) is 5.32. The molecule has 0 bridgehead atoms. The molecule has 1 N–H and O–H groups in total. The Morgan fingerprint density at radius 2 is 2.09 bits per heavy atom. The summed E-state index contributed by atoms with van der Waals surface area (Å²) in [6.07, 6.45) is 3.20. The Bertz CT molecular complexity index is 982. The normalized spacial score (nSPS) is 18.4. The lowest BCUT2D eigenvalue weighted by molar-refractivity contribution is -0.117. The lowest BCUT2D eigenvalue weighted by atomic mass is 10.2. The smallest absolute Gasteiger partial charge is 0.409 e. The van der Waals surface area contributed by atoms with E-state index in [0.29, 0.717) is 49.1 Å². The summed E-state index contributed by atoms with van der Waals surface area (Å²) in [5.74, 6) is -0.200. The first-order chi connectivity index (χ1) is 15.4. The van der Waals surface area contributed by atoms with Crippen LogP contribution >= 0.6 is 38.6 Å². The first-order valence-corrected chi connectivity index (χ1v) is 13.1. The number of nitrogens with zero attached hydrogens (tertiary/aromatic N) is 3. The van der Waals surface area contributed by atoms with Gasteiger partial charge in [-0.15, -0.1) is 22.7 Å². The van der Waals surface area contributed by atoms with Gasteiger partial charge in [0.1, 0.15) is 0 Å². The minimum atomic E-state index is -0.264. The number of hydrogen-bond donors (Lipinski definition) is 1. The Kier molecular flexibility index (Phi) is 7.47. The molecule has 32 heavy (non-hydrogen) atoms. The molecule has 8 nitrogen and oxygen atoms in total. The van der Waals surface area contributed by atoms with Gasteiger partial charge in [-0.05, 0) is 34.5 Å². The van der Waals surface area contributed by atoms with Gasteiger partial charge in [0.15, 0.2) is 5.13 Å². The number of unbranched alkanes of at least 4 members (excludes halogenated alkanes) is 1. The first-order valence-electron chi connectivity index (χ1n) is 10.7. The largest absolute Gasteiger partial charge is 0.449 e. The molecule has 3 amide bonds. The standard InChI is InChI=1S/C21H25BrN4O4S2/c1-2-3-10-30-21(29)25-8-6-14-15(7-9-25)32-20(24-14)26-12-13(11-18(26)27)23-19(28)16-4-5-17(22)31-16/h4-5,13H,2-3,6-12H2,1H3,(H,23,28)/t13-/m1/s1. The van der Waals surface area contributed by atoms with Gasteiger partial charge in [0.05, 0.1) is 27.0 Å². The van der Waals surface area contributed by atoms with Crippen molar-refractivity contribution in [3.63, 3.8) is 0 Å². The van der Waals surface area contributed by atoms with Crippen molar-refractivity contribution in [1.82, 2.24) is 15.2 Å². The molecule has 4 heterocycles. The van der Waals surface area contributed by atoms with Crippen LogP contribution in [-0.2, 0) is 22.4 Å². The van der Waals surface area contributed by atoms with Crippen LogP contribution in [0.3, 0.4) is 0 Å². The molecular formula is C21H25BrN4O4S2. The van der Waals surface area contributed by atoms with Crippen molar-refractivity contribution >= 4 is 61.6 Å². The monoisotopic (exact) mass is 540 g/mol. The van der Waals surface area contributed by atoms with Crippen LogP contribution in [-0.4, -0.2) is 60.1 Å². The third-order valence-corrected chi connectivity index (χ3v) is 8.27. The molecule has 0 saturated carbocycles. The Morgan fingerprint density at radius 1 is 1.28 bits per heavy atom. The summed E-state index contributed by atoms with van der Waals surface area (Å²) < 4.78 is 6.22. The van der Waals surface area contributed by atoms with E-state index in [1.807, 2.05) is 6.07 Å². The molecule has 2 aromatic rings. The SMILES string of the molecule is CCCCOC(=O)N1CCc2nc(N3C[C@H](NC(=O)c4ccc(Br)s4)CC3=O)sc2CC1. The molecule has 0 spiro atoms. The molecule has 0 unspecified atom stereocenters. The zero-order valence-corrected chi connectivity index (χ0v) is 21.0. The molecule has 0 radical (unpaired) electrons. The van der Waals surface area contributed by atoms with E-state index in [4.69, 9.17) is 9.72 Å². The zero-order chi connectivity index (χ0) is 22.7. The van der Waals surface area contributed by atoms with Crippen molar-refractivity contribution in [2.24, 2.45) is 0 Å². The third-order valence-electron chi connectivity index (χ3n) is 5.46. The van der Waals surface area contributed by atoms with E-state index in [1.54, 1.807) is 15.9 Å². The lowest BCUT2D eigenvalue weighted by Gasteiger charge is -2.19. The first kappa shape index (κ1) is 23.2. The maximum atomic E-state index is 12.6. The molecule has 2 aliphatic rings. The highest BCUT2D eigenvalue weighted by Gasteiger charge is 2.34. The fourth-order valence-corrected chi connectivity index (χ4v) is 6.14. The van der Waals surface area contributed by atoms with Crippen molar-refractivity contribution in [3.05, 3.63) is 31.4 Å². The predicted octanol–water partition coefficient (Wildman–Crippen LogP) is 3.84. The van der Waals surface area contributed by atoms with Crippen molar-refractivity contribution in [3.8, 4) is 0 Å². The molecule has 11 heteroatoms. The summed E-state index contributed by atoms with van der Waals surface area (Å²) in [7, 11) is 0. The van der Waals surface area contributed by atoms with E-state index in [1.165, 1.54) is 22.7 Å². The van der Waals surface area contributed by atoms with Crippen LogP contribution in [0.1, 0.15) is 46.4 Å². The summed E-state index contributed by atoms with van der Waals surface area (Å²) in [4.78, 5) is 47.1. The van der Waals surface area contributed by atoms with Gasteiger partial charge in [-0.25, -0.2) is 9.78 Å². The molecule has 0 aliphatic carbocycles. The Morgan fingerprint density at radius 3 is 2.84 bits per heavy atom. The number of ether oxygens (including phenoxy) is 1. The fraction of sp³-hybridized carbons (Fsp3) is 0.524. The van der Waals surface area contributed by atoms with E-state index >= 15 is 0 Å². The van der Waals surface area contributed by atoms with Crippen LogP contribution in [0, 0.1) is 0 Å². The topological polar surface area (TPSA) is 91.8 Å². The van der Waals surface area contributed by atoms with Crippen molar-refractivity contribution in [2.45, 2.75) is 45.1 Å². The average Bonchev–Trinajstić information content (AvgIpc) is 3.43. The quantitative estimate of drug-likeness (QED) is 0.562. The second kappa shape index (κ2) is 10.3. The number of nitrogens with one attached hydrogen (secondary N) is 1. The molecule has 2 aromatic heterocycles. The van der Waals surface area contributed by atoms with Crippen LogP contribution in [0.15, 0.2) is 15.9 Å². The number of carbonyl (C=O) groups is 3. The van der Waals surface area contributed by atoms with Crippen LogP contribution in [0.25, 0.3) is 0 Å². The average molecular weight is 541 g/mol. The predicted molar refractivity (Wildman–Crippen MR) is 128 cm³/mol. The Labute approximate surface area is 203 Å².